The minimum Gasteiger partial charge on any atom is -0.465 e. The van der Waals surface area contributed by atoms with Crippen LogP contribution in [0.2, 0.25) is 0 Å². The fourth-order valence-corrected chi connectivity index (χ4v) is 1.12. The van der Waals surface area contributed by atoms with E-state index < -0.39 is 0 Å². The van der Waals surface area contributed by atoms with Crippen molar-refractivity contribution in [3.63, 3.8) is 0 Å². The highest BCUT2D eigenvalue weighted by molar-refractivity contribution is 5.79. The van der Waals surface area contributed by atoms with Crippen molar-refractivity contribution in [1.29, 1.82) is 0 Å². The van der Waals surface area contributed by atoms with Gasteiger partial charge in [0.2, 0.25) is 5.91 Å². The molecule has 0 saturated heterocycles. The van der Waals surface area contributed by atoms with E-state index in [0.717, 1.165) is 12.8 Å². The summed E-state index contributed by atoms with van der Waals surface area (Å²) in [5.74, 6) is -0.359. The van der Waals surface area contributed by atoms with E-state index in [1.165, 1.54) is 0 Å². The summed E-state index contributed by atoms with van der Waals surface area (Å²) >= 11 is 0. The SMILES string of the molecule is CCCCOC(=O)CN(CC)CC(=O)NC. The summed E-state index contributed by atoms with van der Waals surface area (Å²) in [6.45, 7) is 5.46. The van der Waals surface area contributed by atoms with Crippen LogP contribution in [0.15, 0.2) is 0 Å². The predicted molar refractivity (Wildman–Crippen MR) is 62.0 cm³/mol. The van der Waals surface area contributed by atoms with Crippen molar-refractivity contribution in [2.24, 2.45) is 0 Å². The van der Waals surface area contributed by atoms with Crippen molar-refractivity contribution < 1.29 is 14.3 Å². The van der Waals surface area contributed by atoms with Gasteiger partial charge in [-0.1, -0.05) is 20.3 Å². The molecule has 0 heterocycles. The molecule has 0 aliphatic rings. The molecule has 0 aromatic carbocycles. The van der Waals surface area contributed by atoms with Crippen molar-refractivity contribution >= 4 is 11.9 Å². The summed E-state index contributed by atoms with van der Waals surface area (Å²) in [5, 5.41) is 2.52. The summed E-state index contributed by atoms with van der Waals surface area (Å²) in [6, 6.07) is 0. The molecule has 16 heavy (non-hydrogen) atoms. The van der Waals surface area contributed by atoms with Crippen LogP contribution in [-0.2, 0) is 14.3 Å². The zero-order valence-electron chi connectivity index (χ0n) is 10.4. The number of likely N-dealkylation sites (N-methyl/N-ethyl adjacent to an activating group) is 2. The Balaban J connectivity index is 3.83. The molecular formula is C11H22N2O3. The zero-order valence-corrected chi connectivity index (χ0v) is 10.4. The first-order valence-electron chi connectivity index (χ1n) is 5.72. The minimum atomic E-state index is -0.265. The standard InChI is InChI=1S/C11H22N2O3/c1-4-6-7-16-11(15)9-13(5-2)8-10(14)12-3/h4-9H2,1-3H3,(H,12,14). The molecule has 0 saturated carbocycles. The maximum absolute atomic E-state index is 11.4. The number of esters is 1. The third-order valence-electron chi connectivity index (χ3n) is 2.21. The molecule has 94 valence electrons. The number of carbonyl (C=O) groups is 2. The van der Waals surface area contributed by atoms with Crippen LogP contribution < -0.4 is 5.32 Å². The quantitative estimate of drug-likeness (QED) is 0.484. The number of carbonyl (C=O) groups excluding carboxylic acids is 2. The van der Waals surface area contributed by atoms with Gasteiger partial charge >= 0.3 is 5.97 Å². The molecule has 5 heteroatoms. The molecule has 0 unspecified atom stereocenters. The first-order chi connectivity index (χ1) is 7.63. The van der Waals surface area contributed by atoms with Crippen LogP contribution in [0.1, 0.15) is 26.7 Å². The Morgan fingerprint density at radius 2 is 1.94 bits per heavy atom. The number of nitrogens with one attached hydrogen (secondary N) is 1. The predicted octanol–water partition coefficient (Wildman–Crippen LogP) is 0.398. The Morgan fingerprint density at radius 3 is 2.44 bits per heavy atom. The molecule has 1 amide bonds. The topological polar surface area (TPSA) is 58.6 Å². The number of amides is 1. The van der Waals surface area contributed by atoms with Gasteiger partial charge < -0.3 is 10.1 Å². The molecule has 1 N–H and O–H groups in total. The van der Waals surface area contributed by atoms with Gasteiger partial charge in [0.25, 0.3) is 0 Å². The van der Waals surface area contributed by atoms with E-state index in [4.69, 9.17) is 4.74 Å². The van der Waals surface area contributed by atoms with E-state index in [-0.39, 0.29) is 25.0 Å². The minimum absolute atomic E-state index is 0.0943. The molecule has 0 aromatic rings. The van der Waals surface area contributed by atoms with E-state index in [1.54, 1.807) is 11.9 Å². The molecule has 0 fully saturated rings. The normalized spacial score (nSPS) is 10.2. The molecule has 0 rings (SSSR count). The molecule has 0 atom stereocenters. The van der Waals surface area contributed by atoms with Crippen molar-refractivity contribution in [3.8, 4) is 0 Å². The summed E-state index contributed by atoms with van der Waals surface area (Å²) in [5.41, 5.74) is 0. The fourth-order valence-electron chi connectivity index (χ4n) is 1.12. The van der Waals surface area contributed by atoms with Crippen molar-refractivity contribution in [2.75, 3.05) is 33.3 Å². The second-order valence-electron chi connectivity index (χ2n) is 3.55. The van der Waals surface area contributed by atoms with Crippen molar-refractivity contribution in [2.45, 2.75) is 26.7 Å². The smallest absolute Gasteiger partial charge is 0.320 e. The Bertz CT molecular complexity index is 219. The van der Waals surface area contributed by atoms with Crippen LogP contribution >= 0.6 is 0 Å². The molecular weight excluding hydrogens is 208 g/mol. The van der Waals surface area contributed by atoms with Crippen LogP contribution in [0.5, 0.6) is 0 Å². The Morgan fingerprint density at radius 1 is 1.25 bits per heavy atom. The molecule has 0 aliphatic heterocycles. The molecule has 0 aliphatic carbocycles. The number of hydrogen-bond acceptors (Lipinski definition) is 4. The van der Waals surface area contributed by atoms with E-state index >= 15 is 0 Å². The third kappa shape index (κ3) is 7.23. The van der Waals surface area contributed by atoms with Crippen LogP contribution in [0.25, 0.3) is 0 Å². The average Bonchev–Trinajstić information content (AvgIpc) is 2.28. The number of unbranched alkanes of at least 4 members (excludes halogenated alkanes) is 1. The monoisotopic (exact) mass is 230 g/mol. The Hall–Kier alpha value is -1.10. The fraction of sp³-hybridized carbons (Fsp3) is 0.818. The van der Waals surface area contributed by atoms with Crippen molar-refractivity contribution in [1.82, 2.24) is 10.2 Å². The number of nitrogens with zero attached hydrogens (tertiary/aromatic N) is 1. The summed E-state index contributed by atoms with van der Waals surface area (Å²) < 4.78 is 5.02. The number of ether oxygens (including phenoxy) is 1. The first kappa shape index (κ1) is 14.9. The van der Waals surface area contributed by atoms with Crippen molar-refractivity contribution in [3.05, 3.63) is 0 Å². The highest BCUT2D eigenvalue weighted by Gasteiger charge is 2.12. The second-order valence-corrected chi connectivity index (χ2v) is 3.55. The van der Waals surface area contributed by atoms with Crippen LogP contribution in [0, 0.1) is 0 Å². The van der Waals surface area contributed by atoms with E-state index in [1.807, 2.05) is 13.8 Å². The van der Waals surface area contributed by atoms with Gasteiger partial charge in [-0.15, -0.1) is 0 Å². The first-order valence-corrected chi connectivity index (χ1v) is 5.72. The maximum Gasteiger partial charge on any atom is 0.320 e. The molecule has 0 radical (unpaired) electrons. The third-order valence-corrected chi connectivity index (χ3v) is 2.21. The van der Waals surface area contributed by atoms with E-state index in [2.05, 4.69) is 5.32 Å². The highest BCUT2D eigenvalue weighted by Crippen LogP contribution is 1.93. The van der Waals surface area contributed by atoms with Gasteiger partial charge in [-0.25, -0.2) is 0 Å². The maximum atomic E-state index is 11.4. The number of hydrogen-bond donors (Lipinski definition) is 1. The van der Waals surface area contributed by atoms with E-state index in [0.29, 0.717) is 13.2 Å². The van der Waals surface area contributed by atoms with E-state index in [9.17, 15) is 9.59 Å². The Labute approximate surface area is 97.1 Å². The highest BCUT2D eigenvalue weighted by atomic mass is 16.5. The van der Waals surface area contributed by atoms with Gasteiger partial charge in [-0.05, 0) is 13.0 Å². The van der Waals surface area contributed by atoms with Crippen LogP contribution in [-0.4, -0.2) is 50.1 Å². The molecule has 0 spiro atoms. The summed E-state index contributed by atoms with van der Waals surface area (Å²) in [6.07, 6.45) is 1.89. The summed E-state index contributed by atoms with van der Waals surface area (Å²) in [7, 11) is 1.58. The second kappa shape index (κ2) is 9.15. The average molecular weight is 230 g/mol. The van der Waals surface area contributed by atoms with Gasteiger partial charge in [-0.2, -0.15) is 0 Å². The van der Waals surface area contributed by atoms with Gasteiger partial charge in [-0.3, -0.25) is 14.5 Å². The van der Waals surface area contributed by atoms with Gasteiger partial charge in [0, 0.05) is 7.05 Å². The lowest BCUT2D eigenvalue weighted by Gasteiger charge is -2.18. The van der Waals surface area contributed by atoms with Gasteiger partial charge in [0.1, 0.15) is 0 Å². The van der Waals surface area contributed by atoms with Gasteiger partial charge in [0.05, 0.1) is 19.7 Å². The van der Waals surface area contributed by atoms with Crippen LogP contribution in [0.3, 0.4) is 0 Å². The zero-order chi connectivity index (χ0) is 12.4. The Kier molecular flexibility index (Phi) is 8.52. The lowest BCUT2D eigenvalue weighted by atomic mass is 10.4. The largest absolute Gasteiger partial charge is 0.465 e. The summed E-state index contributed by atoms with van der Waals surface area (Å²) in [4.78, 5) is 24.2. The molecule has 5 nitrogen and oxygen atoms in total. The lowest BCUT2D eigenvalue weighted by molar-refractivity contribution is -0.145. The number of rotatable bonds is 8. The lowest BCUT2D eigenvalue weighted by Crippen LogP contribution is -2.39. The molecule has 0 bridgehead atoms. The molecule has 0 aromatic heterocycles. The van der Waals surface area contributed by atoms with Gasteiger partial charge in [0.15, 0.2) is 0 Å². The van der Waals surface area contributed by atoms with Crippen LogP contribution in [0.4, 0.5) is 0 Å².